The van der Waals surface area contributed by atoms with Gasteiger partial charge in [0.2, 0.25) is 5.53 Å². The van der Waals surface area contributed by atoms with Gasteiger partial charge in [0.05, 0.1) is 6.61 Å². The predicted octanol–water partition coefficient (Wildman–Crippen LogP) is -3.02. The van der Waals surface area contributed by atoms with Crippen molar-refractivity contribution in [1.29, 1.82) is 0 Å². The minimum absolute atomic E-state index is 0.554. The van der Waals surface area contributed by atoms with Gasteiger partial charge >= 0.3 is 0 Å². The molecule has 1 aliphatic rings. The lowest BCUT2D eigenvalue weighted by atomic mass is 9.99. The van der Waals surface area contributed by atoms with Gasteiger partial charge in [-0.15, -0.1) is 0 Å². The standard InChI is InChI=1S/C6H13O6P/c7-1-2-3(8)4(9)5(10)6(11,13)12-2/h2-5,7-11H,1,13H2/t2-,3-,4+,5+,6+/m1/s1. The highest BCUT2D eigenvalue weighted by Crippen LogP contribution is 2.32. The minimum atomic E-state index is -2.04. The van der Waals surface area contributed by atoms with Crippen molar-refractivity contribution in [3.8, 4) is 0 Å². The molecule has 0 spiro atoms. The zero-order chi connectivity index (χ0) is 10.2. The fourth-order valence-corrected chi connectivity index (χ4v) is 1.55. The normalized spacial score (nSPS) is 52.2. The van der Waals surface area contributed by atoms with Crippen LogP contribution in [0.1, 0.15) is 0 Å². The molecule has 78 valence electrons. The first kappa shape index (κ1) is 11.3. The van der Waals surface area contributed by atoms with Crippen LogP contribution >= 0.6 is 9.24 Å². The van der Waals surface area contributed by atoms with E-state index in [-0.39, 0.29) is 0 Å². The van der Waals surface area contributed by atoms with E-state index in [1.807, 2.05) is 0 Å². The van der Waals surface area contributed by atoms with Crippen molar-refractivity contribution < 1.29 is 30.3 Å². The van der Waals surface area contributed by atoms with Crippen LogP contribution in [0.15, 0.2) is 0 Å². The van der Waals surface area contributed by atoms with Crippen LogP contribution in [0.4, 0.5) is 0 Å². The lowest BCUT2D eigenvalue weighted by molar-refractivity contribution is -0.306. The molecule has 0 radical (unpaired) electrons. The monoisotopic (exact) mass is 212 g/mol. The molecular formula is C6H13O6P. The van der Waals surface area contributed by atoms with E-state index in [2.05, 4.69) is 0 Å². The minimum Gasteiger partial charge on any atom is -0.394 e. The molecule has 7 heteroatoms. The molecule has 0 aliphatic carbocycles. The molecular weight excluding hydrogens is 199 g/mol. The van der Waals surface area contributed by atoms with Gasteiger partial charge in [-0.2, -0.15) is 0 Å². The molecule has 13 heavy (non-hydrogen) atoms. The van der Waals surface area contributed by atoms with E-state index >= 15 is 0 Å². The number of hydrogen-bond acceptors (Lipinski definition) is 6. The van der Waals surface area contributed by atoms with Gasteiger partial charge in [-0.3, -0.25) is 0 Å². The maximum Gasteiger partial charge on any atom is 0.208 e. The van der Waals surface area contributed by atoms with Crippen molar-refractivity contribution in [2.45, 2.75) is 29.9 Å². The molecule has 1 heterocycles. The molecule has 0 bridgehead atoms. The van der Waals surface area contributed by atoms with E-state index in [4.69, 9.17) is 9.84 Å². The van der Waals surface area contributed by atoms with Crippen LogP contribution in [0.25, 0.3) is 0 Å². The number of aliphatic hydroxyl groups excluding tert-OH is 4. The summed E-state index contributed by atoms with van der Waals surface area (Å²) in [5, 5.41) is 45.7. The summed E-state index contributed by atoms with van der Waals surface area (Å²) in [5.41, 5.74) is -2.04. The van der Waals surface area contributed by atoms with Crippen LogP contribution in [-0.4, -0.2) is 62.1 Å². The third-order valence-electron chi connectivity index (χ3n) is 2.00. The smallest absolute Gasteiger partial charge is 0.208 e. The van der Waals surface area contributed by atoms with E-state index < -0.39 is 36.6 Å². The summed E-state index contributed by atoms with van der Waals surface area (Å²) in [7, 11) is 1.80. The third-order valence-corrected chi connectivity index (χ3v) is 2.48. The van der Waals surface area contributed by atoms with Crippen LogP contribution in [0.3, 0.4) is 0 Å². The number of hydrogen-bond donors (Lipinski definition) is 5. The Morgan fingerprint density at radius 2 is 1.77 bits per heavy atom. The van der Waals surface area contributed by atoms with Crippen LogP contribution in [0.5, 0.6) is 0 Å². The Morgan fingerprint density at radius 3 is 2.23 bits per heavy atom. The van der Waals surface area contributed by atoms with Crippen LogP contribution in [-0.2, 0) is 4.74 Å². The predicted molar refractivity (Wildman–Crippen MR) is 44.6 cm³/mol. The second-order valence-electron chi connectivity index (χ2n) is 3.02. The lowest BCUT2D eigenvalue weighted by Crippen LogP contribution is -2.62. The Balaban J connectivity index is 2.79. The highest BCUT2D eigenvalue weighted by molar-refractivity contribution is 7.18. The van der Waals surface area contributed by atoms with Crippen molar-refractivity contribution in [3.05, 3.63) is 0 Å². The van der Waals surface area contributed by atoms with Gasteiger partial charge in [0.25, 0.3) is 0 Å². The molecule has 0 aromatic heterocycles. The first-order valence-electron chi connectivity index (χ1n) is 3.74. The Labute approximate surface area is 77.0 Å². The number of aliphatic hydroxyl groups is 5. The van der Waals surface area contributed by atoms with E-state index in [0.29, 0.717) is 0 Å². The highest BCUT2D eigenvalue weighted by atomic mass is 31.0. The quantitative estimate of drug-likeness (QED) is 0.296. The third kappa shape index (κ3) is 1.99. The molecule has 0 amide bonds. The van der Waals surface area contributed by atoms with E-state index in [9.17, 15) is 20.4 Å². The van der Waals surface area contributed by atoms with Crippen molar-refractivity contribution >= 4 is 9.24 Å². The van der Waals surface area contributed by atoms with Crippen molar-refractivity contribution in [2.75, 3.05) is 6.61 Å². The molecule has 6 atom stereocenters. The summed E-state index contributed by atoms with van der Waals surface area (Å²) >= 11 is 0. The second-order valence-corrected chi connectivity index (χ2v) is 3.84. The summed E-state index contributed by atoms with van der Waals surface area (Å²) in [6, 6.07) is 0. The Bertz CT molecular complexity index is 184. The van der Waals surface area contributed by atoms with Gasteiger partial charge in [0.1, 0.15) is 24.4 Å². The molecule has 5 N–H and O–H groups in total. The largest absolute Gasteiger partial charge is 0.394 e. The summed E-state index contributed by atoms with van der Waals surface area (Å²) in [6.45, 7) is -0.554. The molecule has 1 fully saturated rings. The maximum absolute atomic E-state index is 9.34. The molecule has 0 aromatic rings. The topological polar surface area (TPSA) is 110 Å². The number of ether oxygens (including phenoxy) is 1. The average molecular weight is 212 g/mol. The van der Waals surface area contributed by atoms with Crippen molar-refractivity contribution in [3.63, 3.8) is 0 Å². The Kier molecular flexibility index (Phi) is 3.24. The summed E-state index contributed by atoms with van der Waals surface area (Å²) in [5.74, 6) is 0. The first-order chi connectivity index (χ1) is 5.90. The van der Waals surface area contributed by atoms with E-state index in [0.717, 1.165) is 0 Å². The van der Waals surface area contributed by atoms with E-state index in [1.54, 1.807) is 9.24 Å². The van der Waals surface area contributed by atoms with Gasteiger partial charge in [-0.1, -0.05) is 9.24 Å². The van der Waals surface area contributed by atoms with Gasteiger partial charge in [0, 0.05) is 0 Å². The fourth-order valence-electron chi connectivity index (χ4n) is 1.18. The molecule has 0 saturated carbocycles. The van der Waals surface area contributed by atoms with Gasteiger partial charge < -0.3 is 30.3 Å². The van der Waals surface area contributed by atoms with Crippen LogP contribution in [0.2, 0.25) is 0 Å². The molecule has 0 aromatic carbocycles. The summed E-state index contributed by atoms with van der Waals surface area (Å²) < 4.78 is 4.73. The molecule has 6 nitrogen and oxygen atoms in total. The zero-order valence-electron chi connectivity index (χ0n) is 6.74. The maximum atomic E-state index is 9.34. The number of rotatable bonds is 1. The fraction of sp³-hybridized carbons (Fsp3) is 1.00. The van der Waals surface area contributed by atoms with Gasteiger partial charge in [0.15, 0.2) is 0 Å². The Morgan fingerprint density at radius 1 is 1.23 bits per heavy atom. The van der Waals surface area contributed by atoms with Gasteiger partial charge in [-0.25, -0.2) is 0 Å². The van der Waals surface area contributed by atoms with Crippen molar-refractivity contribution in [1.82, 2.24) is 0 Å². The van der Waals surface area contributed by atoms with Gasteiger partial charge in [-0.05, 0) is 0 Å². The summed E-state index contributed by atoms with van der Waals surface area (Å²) in [6.07, 6.45) is -5.70. The molecule has 1 aliphatic heterocycles. The SMILES string of the molecule is OC[C@H]1O[C@](O)(P)[C@@H](O)[C@@H](O)[C@@H]1O. The highest BCUT2D eigenvalue weighted by Gasteiger charge is 2.49. The lowest BCUT2D eigenvalue weighted by Gasteiger charge is -2.43. The zero-order valence-corrected chi connectivity index (χ0v) is 7.89. The van der Waals surface area contributed by atoms with E-state index in [1.165, 1.54) is 0 Å². The first-order valence-corrected chi connectivity index (χ1v) is 4.32. The molecule has 1 unspecified atom stereocenters. The van der Waals surface area contributed by atoms with Crippen LogP contribution in [0, 0.1) is 0 Å². The van der Waals surface area contributed by atoms with Crippen molar-refractivity contribution in [2.24, 2.45) is 0 Å². The molecule has 1 rings (SSSR count). The average Bonchev–Trinajstić information content (AvgIpc) is 2.08. The second kappa shape index (κ2) is 3.74. The molecule has 1 saturated heterocycles. The summed E-state index contributed by atoms with van der Waals surface area (Å²) in [4.78, 5) is 0. The van der Waals surface area contributed by atoms with Crippen LogP contribution < -0.4 is 0 Å². The Hall–Kier alpha value is 0.190.